The monoisotopic (exact) mass is 389 g/mol. The summed E-state index contributed by atoms with van der Waals surface area (Å²) in [5.74, 6) is -0.733. The molecular weight excluding hydrogens is 373 g/mol. The summed E-state index contributed by atoms with van der Waals surface area (Å²) < 4.78 is 37.8. The van der Waals surface area contributed by atoms with Gasteiger partial charge in [0.15, 0.2) is 9.84 Å². The molecule has 0 bridgehead atoms. The third-order valence-corrected chi connectivity index (χ3v) is 6.65. The molecule has 7 heteroatoms. The minimum absolute atomic E-state index is 0.0126. The topological polar surface area (TPSA) is 63.2 Å². The Morgan fingerprint density at radius 3 is 2.58 bits per heavy atom. The highest BCUT2D eigenvalue weighted by Crippen LogP contribution is 2.30. The predicted octanol–water partition coefficient (Wildman–Crippen LogP) is 4.60. The van der Waals surface area contributed by atoms with Crippen molar-refractivity contribution in [3.8, 4) is 10.4 Å². The van der Waals surface area contributed by atoms with Crippen LogP contribution in [-0.4, -0.2) is 20.1 Å². The van der Waals surface area contributed by atoms with Crippen LogP contribution in [0.3, 0.4) is 0 Å². The second kappa shape index (κ2) is 7.39. The van der Waals surface area contributed by atoms with Crippen LogP contribution in [0.1, 0.15) is 16.6 Å². The molecule has 1 heterocycles. The SMILES string of the molecule is CCS(=O)(=O)c1cccc(NC(=O)c2ccc(-c3ccccc3F)s2)c1. The Balaban J connectivity index is 1.82. The maximum Gasteiger partial charge on any atom is 0.265 e. The van der Waals surface area contributed by atoms with E-state index in [0.29, 0.717) is 21.0 Å². The van der Waals surface area contributed by atoms with E-state index >= 15 is 0 Å². The van der Waals surface area contributed by atoms with Crippen LogP contribution in [0.15, 0.2) is 65.6 Å². The van der Waals surface area contributed by atoms with Gasteiger partial charge < -0.3 is 5.32 Å². The van der Waals surface area contributed by atoms with E-state index < -0.39 is 9.84 Å². The number of sulfone groups is 1. The molecule has 1 amide bonds. The Morgan fingerprint density at radius 2 is 1.85 bits per heavy atom. The first kappa shape index (κ1) is 18.3. The molecule has 0 radical (unpaired) electrons. The lowest BCUT2D eigenvalue weighted by Gasteiger charge is -2.06. The van der Waals surface area contributed by atoms with Gasteiger partial charge in [0, 0.05) is 16.1 Å². The standard InChI is InChI=1S/C19H16FNO3S2/c1-2-26(23,24)14-7-5-6-13(12-14)21-19(22)18-11-10-17(25-18)15-8-3-4-9-16(15)20/h3-12H,2H2,1H3,(H,21,22). The molecule has 0 saturated carbocycles. The van der Waals surface area contributed by atoms with Gasteiger partial charge in [0.05, 0.1) is 15.5 Å². The quantitative estimate of drug-likeness (QED) is 0.694. The Hall–Kier alpha value is -2.51. The normalized spacial score (nSPS) is 11.3. The van der Waals surface area contributed by atoms with E-state index in [1.807, 2.05) is 0 Å². The lowest BCUT2D eigenvalue weighted by molar-refractivity contribution is 0.103. The van der Waals surface area contributed by atoms with E-state index in [4.69, 9.17) is 0 Å². The number of carbonyl (C=O) groups is 1. The summed E-state index contributed by atoms with van der Waals surface area (Å²) in [6, 6.07) is 15.8. The number of nitrogens with one attached hydrogen (secondary N) is 1. The summed E-state index contributed by atoms with van der Waals surface area (Å²) in [7, 11) is -3.35. The fraction of sp³-hybridized carbons (Fsp3) is 0.105. The average Bonchev–Trinajstić information content (AvgIpc) is 3.12. The van der Waals surface area contributed by atoms with Gasteiger partial charge in [-0.05, 0) is 36.4 Å². The zero-order chi connectivity index (χ0) is 18.7. The van der Waals surface area contributed by atoms with Gasteiger partial charge in [0.25, 0.3) is 5.91 Å². The summed E-state index contributed by atoms with van der Waals surface area (Å²) in [6.07, 6.45) is 0. The molecule has 3 aromatic rings. The number of halogens is 1. The van der Waals surface area contributed by atoms with Crippen LogP contribution in [0.2, 0.25) is 0 Å². The zero-order valence-corrected chi connectivity index (χ0v) is 15.5. The van der Waals surface area contributed by atoms with Crippen molar-refractivity contribution >= 4 is 32.8 Å². The number of hydrogen-bond donors (Lipinski definition) is 1. The smallest absolute Gasteiger partial charge is 0.265 e. The minimum Gasteiger partial charge on any atom is -0.321 e. The highest BCUT2D eigenvalue weighted by atomic mass is 32.2. The molecule has 2 aromatic carbocycles. The van der Waals surface area contributed by atoms with Crippen LogP contribution in [0.25, 0.3) is 10.4 Å². The molecule has 4 nitrogen and oxygen atoms in total. The summed E-state index contributed by atoms with van der Waals surface area (Å²) >= 11 is 1.17. The fourth-order valence-corrected chi connectivity index (χ4v) is 4.25. The van der Waals surface area contributed by atoms with E-state index in [1.165, 1.54) is 29.5 Å². The second-order valence-electron chi connectivity index (χ2n) is 5.53. The highest BCUT2D eigenvalue weighted by Gasteiger charge is 2.15. The Kier molecular flexibility index (Phi) is 5.20. The van der Waals surface area contributed by atoms with E-state index in [2.05, 4.69) is 5.32 Å². The van der Waals surface area contributed by atoms with Gasteiger partial charge in [-0.2, -0.15) is 0 Å². The van der Waals surface area contributed by atoms with Crippen molar-refractivity contribution in [2.45, 2.75) is 11.8 Å². The minimum atomic E-state index is -3.35. The predicted molar refractivity (Wildman–Crippen MR) is 102 cm³/mol. The van der Waals surface area contributed by atoms with E-state index in [0.717, 1.165) is 0 Å². The molecule has 0 fully saturated rings. The van der Waals surface area contributed by atoms with Crippen molar-refractivity contribution < 1.29 is 17.6 Å². The number of benzene rings is 2. The molecular formula is C19H16FNO3S2. The average molecular weight is 389 g/mol. The van der Waals surface area contributed by atoms with Crippen LogP contribution in [-0.2, 0) is 9.84 Å². The number of rotatable bonds is 5. The van der Waals surface area contributed by atoms with Crippen molar-refractivity contribution in [3.63, 3.8) is 0 Å². The molecule has 0 spiro atoms. The highest BCUT2D eigenvalue weighted by molar-refractivity contribution is 7.91. The first-order chi connectivity index (χ1) is 12.4. The second-order valence-corrected chi connectivity index (χ2v) is 8.89. The molecule has 26 heavy (non-hydrogen) atoms. The molecule has 3 rings (SSSR count). The number of carbonyl (C=O) groups excluding carboxylic acids is 1. The lowest BCUT2D eigenvalue weighted by atomic mass is 10.2. The van der Waals surface area contributed by atoms with Crippen molar-refractivity contribution in [2.75, 3.05) is 11.1 Å². The van der Waals surface area contributed by atoms with Gasteiger partial charge in [-0.3, -0.25) is 4.79 Å². The van der Waals surface area contributed by atoms with Crippen LogP contribution in [0, 0.1) is 5.82 Å². The summed E-state index contributed by atoms with van der Waals surface area (Å²) in [4.78, 5) is 13.7. The van der Waals surface area contributed by atoms with Crippen LogP contribution < -0.4 is 5.32 Å². The third kappa shape index (κ3) is 3.84. The number of anilines is 1. The lowest BCUT2D eigenvalue weighted by Crippen LogP contribution is -2.11. The van der Waals surface area contributed by atoms with Crippen molar-refractivity contribution in [1.82, 2.24) is 0 Å². The van der Waals surface area contributed by atoms with Gasteiger partial charge in [0.1, 0.15) is 5.82 Å². The Labute approximate surface area is 155 Å². The Bertz CT molecular complexity index is 1060. The first-order valence-corrected chi connectivity index (χ1v) is 10.4. The largest absolute Gasteiger partial charge is 0.321 e. The molecule has 1 N–H and O–H groups in total. The zero-order valence-electron chi connectivity index (χ0n) is 13.9. The van der Waals surface area contributed by atoms with E-state index in [-0.39, 0.29) is 22.4 Å². The molecule has 0 saturated heterocycles. The van der Waals surface area contributed by atoms with Crippen molar-refractivity contribution in [2.24, 2.45) is 0 Å². The summed E-state index contributed by atoms with van der Waals surface area (Å²) in [5.41, 5.74) is 0.831. The summed E-state index contributed by atoms with van der Waals surface area (Å²) in [5, 5.41) is 2.69. The maximum atomic E-state index is 13.9. The van der Waals surface area contributed by atoms with Crippen LogP contribution in [0.4, 0.5) is 10.1 Å². The fourth-order valence-electron chi connectivity index (χ4n) is 2.39. The third-order valence-electron chi connectivity index (χ3n) is 3.80. The molecule has 0 atom stereocenters. The molecule has 134 valence electrons. The molecule has 0 aliphatic carbocycles. The van der Waals surface area contributed by atoms with Crippen molar-refractivity contribution in [3.05, 3.63) is 71.4 Å². The first-order valence-electron chi connectivity index (χ1n) is 7.89. The van der Waals surface area contributed by atoms with Gasteiger partial charge in [-0.1, -0.05) is 31.2 Å². The maximum absolute atomic E-state index is 13.9. The van der Waals surface area contributed by atoms with Gasteiger partial charge in [-0.25, -0.2) is 12.8 Å². The van der Waals surface area contributed by atoms with Gasteiger partial charge >= 0.3 is 0 Å². The number of amides is 1. The van der Waals surface area contributed by atoms with E-state index in [9.17, 15) is 17.6 Å². The summed E-state index contributed by atoms with van der Waals surface area (Å²) in [6.45, 7) is 1.57. The number of hydrogen-bond acceptors (Lipinski definition) is 4. The number of thiophene rings is 1. The molecule has 0 aliphatic heterocycles. The molecule has 1 aromatic heterocycles. The molecule has 0 unspecified atom stereocenters. The van der Waals surface area contributed by atoms with Crippen molar-refractivity contribution in [1.29, 1.82) is 0 Å². The van der Waals surface area contributed by atoms with E-state index in [1.54, 1.807) is 49.4 Å². The van der Waals surface area contributed by atoms with Crippen LogP contribution in [0.5, 0.6) is 0 Å². The van der Waals surface area contributed by atoms with Gasteiger partial charge in [-0.15, -0.1) is 11.3 Å². The van der Waals surface area contributed by atoms with Gasteiger partial charge in [0.2, 0.25) is 0 Å². The molecule has 0 aliphatic rings. The van der Waals surface area contributed by atoms with Crippen LogP contribution >= 0.6 is 11.3 Å². The Morgan fingerprint density at radius 1 is 1.08 bits per heavy atom.